The van der Waals surface area contributed by atoms with Crippen molar-refractivity contribution in [1.82, 2.24) is 14.3 Å². The quantitative estimate of drug-likeness (QED) is 0.118. The Labute approximate surface area is 237 Å². The summed E-state index contributed by atoms with van der Waals surface area (Å²) >= 11 is 0. The standard InChI is InChI=1S/C26H33F6N3O7/c1-4-39-22(37)24(2,3)42-19-10-5-9-18(17-19)40-15-8-16-41-20-21(36)34(13-6-11-25(27,28)29)23(38)35(33-20)14-7-12-26(30,31)32/h5,9-10,17H,4,6-8,11-16H2,1-3H3/p+1. The number of aliphatic hydroxyl groups is 1. The number of aryl methyl sites for hydroxylation is 1. The summed E-state index contributed by atoms with van der Waals surface area (Å²) in [6.07, 6.45) is -12.4. The molecule has 2 aromatic rings. The zero-order valence-electron chi connectivity index (χ0n) is 23.4. The van der Waals surface area contributed by atoms with E-state index in [1.807, 2.05) is 0 Å². The SMILES string of the molecule is CCOC(=O)C(C)(C)Oc1cccc([OH+]CCCOc2nn(CCCC(F)(F)F)c(=O)n(CCCC(F)(F)F)c2=O)c1. The van der Waals surface area contributed by atoms with Gasteiger partial charge in [0.05, 0.1) is 25.7 Å². The van der Waals surface area contributed by atoms with Gasteiger partial charge in [-0.05, 0) is 45.7 Å². The van der Waals surface area contributed by atoms with Crippen molar-refractivity contribution in [3.8, 4) is 17.4 Å². The number of carbonyl (C=O) groups is 1. The van der Waals surface area contributed by atoms with Crippen LogP contribution < -0.4 is 20.7 Å². The Balaban J connectivity index is 2.04. The molecule has 0 radical (unpaired) electrons. The van der Waals surface area contributed by atoms with Gasteiger partial charge in [-0.1, -0.05) is 0 Å². The third-order valence-corrected chi connectivity index (χ3v) is 5.56. The lowest BCUT2D eigenvalue weighted by Crippen LogP contribution is -2.42. The van der Waals surface area contributed by atoms with Crippen molar-refractivity contribution in [1.29, 1.82) is 0 Å². The maximum absolute atomic E-state index is 12.7. The molecular weight excluding hydrogens is 580 g/mol. The minimum Gasteiger partial charge on any atom is -0.582 e. The minimum atomic E-state index is -4.52. The maximum atomic E-state index is 12.7. The van der Waals surface area contributed by atoms with Crippen LogP contribution in [0.25, 0.3) is 0 Å². The lowest BCUT2D eigenvalue weighted by atomic mass is 10.1. The lowest BCUT2D eigenvalue weighted by Gasteiger charge is -2.24. The molecule has 10 nitrogen and oxygen atoms in total. The highest BCUT2D eigenvalue weighted by molar-refractivity contribution is 5.79. The molecule has 1 N–H and O–H groups in total. The number of nitrogens with zero attached hydrogens (tertiary/aromatic N) is 3. The highest BCUT2D eigenvalue weighted by Gasteiger charge is 2.32. The first kappa shape index (κ1) is 34.5. The summed E-state index contributed by atoms with van der Waals surface area (Å²) in [5.74, 6) is -0.279. The van der Waals surface area contributed by atoms with E-state index >= 15 is 0 Å². The van der Waals surface area contributed by atoms with Crippen LogP contribution in [0.3, 0.4) is 0 Å². The van der Waals surface area contributed by atoms with Gasteiger partial charge in [0, 0.05) is 32.0 Å². The molecule has 0 spiro atoms. The van der Waals surface area contributed by atoms with Crippen molar-refractivity contribution < 1.29 is 50.1 Å². The van der Waals surface area contributed by atoms with E-state index in [2.05, 4.69) is 9.84 Å². The number of rotatable bonds is 16. The van der Waals surface area contributed by atoms with Crippen molar-refractivity contribution in [2.75, 3.05) is 19.8 Å². The number of hydrogen-bond donors (Lipinski definition) is 0. The molecule has 42 heavy (non-hydrogen) atoms. The van der Waals surface area contributed by atoms with Gasteiger partial charge < -0.3 is 18.9 Å². The molecular formula is C26H34F6N3O7+. The molecule has 0 saturated heterocycles. The molecule has 1 aromatic heterocycles. The van der Waals surface area contributed by atoms with E-state index in [0.29, 0.717) is 20.7 Å². The molecule has 1 heterocycles. The molecule has 0 fully saturated rings. The van der Waals surface area contributed by atoms with Gasteiger partial charge in [-0.2, -0.15) is 26.3 Å². The summed E-state index contributed by atoms with van der Waals surface area (Å²) in [5.41, 5.74) is -3.45. The lowest BCUT2D eigenvalue weighted by molar-refractivity contribution is -0.158. The number of esters is 1. The van der Waals surface area contributed by atoms with Crippen LogP contribution in [0.1, 0.15) is 52.9 Å². The van der Waals surface area contributed by atoms with Crippen LogP contribution in [-0.2, 0) is 22.6 Å². The van der Waals surface area contributed by atoms with Crippen molar-refractivity contribution in [3.63, 3.8) is 0 Å². The van der Waals surface area contributed by atoms with Crippen LogP contribution in [0.5, 0.6) is 17.4 Å². The van der Waals surface area contributed by atoms with E-state index in [9.17, 15) is 40.7 Å². The van der Waals surface area contributed by atoms with Crippen molar-refractivity contribution in [2.45, 2.75) is 83.9 Å². The summed E-state index contributed by atoms with van der Waals surface area (Å²) in [7, 11) is 0. The van der Waals surface area contributed by atoms with Gasteiger partial charge in [0.15, 0.2) is 12.2 Å². The Morgan fingerprint density at radius 3 is 2.24 bits per heavy atom. The van der Waals surface area contributed by atoms with E-state index in [1.54, 1.807) is 45.0 Å². The second kappa shape index (κ2) is 15.0. The van der Waals surface area contributed by atoms with Gasteiger partial charge in [0.25, 0.3) is 11.6 Å². The van der Waals surface area contributed by atoms with Crippen LogP contribution in [0, 0.1) is 0 Å². The molecule has 0 aliphatic rings. The van der Waals surface area contributed by atoms with E-state index in [-0.39, 0.29) is 26.2 Å². The molecule has 0 atom stereocenters. The molecule has 0 bridgehead atoms. The second-order valence-electron chi connectivity index (χ2n) is 9.62. The van der Waals surface area contributed by atoms with Crippen LogP contribution in [0.2, 0.25) is 0 Å². The second-order valence-corrected chi connectivity index (χ2v) is 9.62. The molecule has 2 rings (SSSR count). The number of hydrogen-bond acceptors (Lipinski definition) is 7. The highest BCUT2D eigenvalue weighted by Crippen LogP contribution is 2.25. The average Bonchev–Trinajstić information content (AvgIpc) is 2.87. The van der Waals surface area contributed by atoms with Gasteiger partial charge in [-0.15, -0.1) is 5.10 Å². The number of alkyl halides is 6. The molecule has 1 aromatic carbocycles. The van der Waals surface area contributed by atoms with Crippen LogP contribution in [0.4, 0.5) is 26.3 Å². The number of carbonyl (C=O) groups excluding carboxylic acids is 1. The number of benzene rings is 1. The van der Waals surface area contributed by atoms with Gasteiger partial charge >= 0.3 is 29.6 Å². The zero-order chi connectivity index (χ0) is 31.6. The number of aromatic nitrogens is 3. The van der Waals surface area contributed by atoms with Crippen molar-refractivity contribution in [2.24, 2.45) is 0 Å². The Bertz CT molecular complexity index is 1290. The van der Waals surface area contributed by atoms with E-state index < -0.39 is 79.8 Å². The third kappa shape index (κ3) is 11.6. The van der Waals surface area contributed by atoms with Gasteiger partial charge in [0.1, 0.15) is 5.75 Å². The maximum Gasteiger partial charge on any atom is 0.389 e. The van der Waals surface area contributed by atoms with Gasteiger partial charge in [0.2, 0.25) is 0 Å². The molecule has 0 saturated carbocycles. The van der Waals surface area contributed by atoms with Crippen LogP contribution in [-0.4, -0.2) is 62.8 Å². The van der Waals surface area contributed by atoms with E-state index in [1.165, 1.54) is 0 Å². The first-order chi connectivity index (χ1) is 19.5. The Kier molecular flexibility index (Phi) is 12.3. The Morgan fingerprint density at radius 1 is 0.976 bits per heavy atom. The Morgan fingerprint density at radius 2 is 1.62 bits per heavy atom. The smallest absolute Gasteiger partial charge is 0.389 e. The average molecular weight is 615 g/mol. The fourth-order valence-electron chi connectivity index (χ4n) is 3.57. The molecule has 0 amide bonds. The summed E-state index contributed by atoms with van der Waals surface area (Å²) in [5, 5.41) is 3.71. The highest BCUT2D eigenvalue weighted by atomic mass is 19.4. The first-order valence-electron chi connectivity index (χ1n) is 13.1. The summed E-state index contributed by atoms with van der Waals surface area (Å²) in [4.78, 5) is 37.3. The number of halogens is 6. The minimum absolute atomic E-state index is 0.138. The van der Waals surface area contributed by atoms with Crippen LogP contribution in [0.15, 0.2) is 33.9 Å². The third-order valence-electron chi connectivity index (χ3n) is 5.56. The first-order valence-corrected chi connectivity index (χ1v) is 13.1. The summed E-state index contributed by atoms with van der Waals surface area (Å²) in [6.45, 7) is 3.91. The normalized spacial score (nSPS) is 12.2. The van der Waals surface area contributed by atoms with Crippen molar-refractivity contribution >= 4 is 5.97 Å². The Hall–Kier alpha value is -3.72. The summed E-state index contributed by atoms with van der Waals surface area (Å²) < 4.78 is 96.8. The van der Waals surface area contributed by atoms with Crippen molar-refractivity contribution in [3.05, 3.63) is 45.1 Å². The molecule has 0 aliphatic carbocycles. The monoisotopic (exact) mass is 614 g/mol. The van der Waals surface area contributed by atoms with Gasteiger partial charge in [-0.3, -0.25) is 9.36 Å². The largest absolute Gasteiger partial charge is 0.582 e. The predicted molar refractivity (Wildman–Crippen MR) is 138 cm³/mol. The van der Waals surface area contributed by atoms with Gasteiger partial charge in [-0.25, -0.2) is 14.3 Å². The zero-order valence-corrected chi connectivity index (χ0v) is 23.4. The van der Waals surface area contributed by atoms with E-state index in [0.717, 1.165) is 0 Å². The van der Waals surface area contributed by atoms with Crippen LogP contribution >= 0.6 is 0 Å². The topological polar surface area (TPSA) is 114 Å². The fourth-order valence-corrected chi connectivity index (χ4v) is 3.57. The fraction of sp³-hybridized carbons (Fsp3) is 0.615. The molecule has 236 valence electrons. The number of ether oxygens (including phenoxy) is 4. The number of aromatic hydroxyl groups is 1. The predicted octanol–water partition coefficient (Wildman–Crippen LogP) is 4.52. The van der Waals surface area contributed by atoms with E-state index in [4.69, 9.17) is 14.2 Å². The molecule has 16 heteroatoms. The molecule has 0 aliphatic heterocycles. The summed E-state index contributed by atoms with van der Waals surface area (Å²) in [6, 6.07) is 6.58. The molecule has 0 unspecified atom stereocenters.